The van der Waals surface area contributed by atoms with Crippen LogP contribution in [0, 0.1) is 0 Å². The molecule has 6 nitrogen and oxygen atoms in total. The molecule has 0 aliphatic heterocycles. The van der Waals surface area contributed by atoms with E-state index in [2.05, 4.69) is 9.97 Å². The number of aromatic amines is 1. The molecule has 0 bridgehead atoms. The molecule has 0 saturated heterocycles. The quantitative estimate of drug-likeness (QED) is 0.741. The van der Waals surface area contributed by atoms with E-state index in [9.17, 15) is 21.6 Å². The molecule has 0 spiro atoms. The first-order valence-electron chi connectivity index (χ1n) is 4.01. The van der Waals surface area contributed by atoms with E-state index in [1.807, 2.05) is 0 Å². The minimum absolute atomic E-state index is 0.103. The molecule has 0 unspecified atom stereocenters. The molecule has 10 heteroatoms. The standard InChI is InChI=1S/C6H8F3N3O3S/c7-6(8,9)16(13,14)12-3-4-15-5-10-1-2-11-5/h1-2,12H,3-4H2,(H,10,11). The number of ether oxygens (including phenoxy) is 1. The van der Waals surface area contributed by atoms with Gasteiger partial charge in [0.1, 0.15) is 6.61 Å². The van der Waals surface area contributed by atoms with Gasteiger partial charge in [-0.25, -0.2) is 18.1 Å². The van der Waals surface area contributed by atoms with Crippen LogP contribution in [-0.4, -0.2) is 37.0 Å². The number of rotatable bonds is 5. The lowest BCUT2D eigenvalue weighted by Crippen LogP contribution is -2.38. The maximum atomic E-state index is 11.8. The summed E-state index contributed by atoms with van der Waals surface area (Å²) in [6.07, 6.45) is 2.84. The Morgan fingerprint density at radius 2 is 2.19 bits per heavy atom. The number of imidazole rings is 1. The van der Waals surface area contributed by atoms with Crippen LogP contribution in [0.2, 0.25) is 0 Å². The smallest absolute Gasteiger partial charge is 0.463 e. The molecule has 0 aliphatic rings. The van der Waals surface area contributed by atoms with Gasteiger partial charge in [0.15, 0.2) is 0 Å². The number of aromatic nitrogens is 2. The van der Waals surface area contributed by atoms with Crippen LogP contribution in [-0.2, 0) is 10.0 Å². The van der Waals surface area contributed by atoms with Gasteiger partial charge in [0.05, 0.1) is 0 Å². The summed E-state index contributed by atoms with van der Waals surface area (Å²) >= 11 is 0. The van der Waals surface area contributed by atoms with Crippen molar-refractivity contribution in [2.24, 2.45) is 0 Å². The van der Waals surface area contributed by atoms with Gasteiger partial charge in [-0.1, -0.05) is 0 Å². The van der Waals surface area contributed by atoms with E-state index < -0.39 is 22.1 Å². The SMILES string of the molecule is O=S(=O)(NCCOc1ncc[nH]1)C(F)(F)F. The van der Waals surface area contributed by atoms with Crippen LogP contribution >= 0.6 is 0 Å². The molecule has 0 radical (unpaired) electrons. The number of halogens is 3. The molecule has 1 heterocycles. The molecule has 1 aromatic rings. The van der Waals surface area contributed by atoms with Crippen LogP contribution in [0.5, 0.6) is 6.01 Å². The van der Waals surface area contributed by atoms with Crippen LogP contribution in [0.15, 0.2) is 12.4 Å². The highest BCUT2D eigenvalue weighted by Gasteiger charge is 2.45. The monoisotopic (exact) mass is 259 g/mol. The van der Waals surface area contributed by atoms with Gasteiger partial charge in [0.25, 0.3) is 6.01 Å². The Morgan fingerprint density at radius 3 is 2.69 bits per heavy atom. The third-order valence-electron chi connectivity index (χ3n) is 1.41. The average Bonchev–Trinajstić information content (AvgIpc) is 2.63. The maximum absolute atomic E-state index is 11.8. The van der Waals surface area contributed by atoms with E-state index in [4.69, 9.17) is 4.74 Å². The minimum Gasteiger partial charge on any atom is -0.463 e. The normalized spacial score (nSPS) is 12.7. The van der Waals surface area contributed by atoms with Crippen LogP contribution in [0.25, 0.3) is 0 Å². The van der Waals surface area contributed by atoms with Crippen molar-refractivity contribution in [1.82, 2.24) is 14.7 Å². The van der Waals surface area contributed by atoms with E-state index >= 15 is 0 Å². The zero-order valence-electron chi connectivity index (χ0n) is 7.78. The second-order valence-corrected chi connectivity index (χ2v) is 4.34. The van der Waals surface area contributed by atoms with Gasteiger partial charge < -0.3 is 9.72 Å². The van der Waals surface area contributed by atoms with Crippen molar-refractivity contribution < 1.29 is 26.3 Å². The summed E-state index contributed by atoms with van der Waals surface area (Å²) in [5.74, 6) is 0. The van der Waals surface area contributed by atoms with Gasteiger partial charge in [-0.15, -0.1) is 0 Å². The highest BCUT2D eigenvalue weighted by atomic mass is 32.2. The lowest BCUT2D eigenvalue weighted by Gasteiger charge is -2.09. The van der Waals surface area contributed by atoms with Crippen molar-refractivity contribution in [1.29, 1.82) is 0 Å². The zero-order chi connectivity index (χ0) is 12.2. The summed E-state index contributed by atoms with van der Waals surface area (Å²) in [6, 6.07) is 0.103. The Bertz CT molecular complexity index is 414. The number of alkyl halides is 3. The first-order chi connectivity index (χ1) is 7.33. The van der Waals surface area contributed by atoms with Crippen LogP contribution in [0.1, 0.15) is 0 Å². The molecule has 0 saturated carbocycles. The minimum atomic E-state index is -5.31. The van der Waals surface area contributed by atoms with Crippen molar-refractivity contribution in [3.8, 4) is 6.01 Å². The van der Waals surface area contributed by atoms with Gasteiger partial charge in [-0.3, -0.25) is 0 Å². The number of hydrogen-bond donors (Lipinski definition) is 2. The summed E-state index contributed by atoms with van der Waals surface area (Å²) in [7, 11) is -5.30. The fourth-order valence-corrected chi connectivity index (χ4v) is 1.25. The van der Waals surface area contributed by atoms with Gasteiger partial charge in [0, 0.05) is 18.9 Å². The number of H-pyrrole nitrogens is 1. The fourth-order valence-electron chi connectivity index (χ4n) is 0.735. The molecule has 0 aliphatic carbocycles. The molecule has 2 N–H and O–H groups in total. The second-order valence-electron chi connectivity index (χ2n) is 2.59. The third-order valence-corrected chi connectivity index (χ3v) is 2.60. The predicted molar refractivity (Wildman–Crippen MR) is 47.1 cm³/mol. The van der Waals surface area contributed by atoms with E-state index in [0.29, 0.717) is 0 Å². The Hall–Kier alpha value is -1.29. The molecule has 0 atom stereocenters. The molecule has 1 rings (SSSR count). The van der Waals surface area contributed by atoms with E-state index in [1.54, 1.807) is 0 Å². The van der Waals surface area contributed by atoms with Crippen LogP contribution < -0.4 is 9.46 Å². The number of nitrogens with zero attached hydrogens (tertiary/aromatic N) is 1. The van der Waals surface area contributed by atoms with Gasteiger partial charge in [0.2, 0.25) is 0 Å². The van der Waals surface area contributed by atoms with E-state index in [-0.39, 0.29) is 12.6 Å². The first kappa shape index (κ1) is 12.8. The summed E-state index contributed by atoms with van der Waals surface area (Å²) in [4.78, 5) is 6.15. The van der Waals surface area contributed by atoms with Crippen LogP contribution in [0.4, 0.5) is 13.2 Å². The number of sulfonamides is 1. The van der Waals surface area contributed by atoms with Crippen molar-refractivity contribution >= 4 is 10.0 Å². The molecule has 0 fully saturated rings. The van der Waals surface area contributed by atoms with Crippen molar-refractivity contribution in [3.63, 3.8) is 0 Å². The average molecular weight is 259 g/mol. The molecule has 92 valence electrons. The molecule has 0 aromatic carbocycles. The van der Waals surface area contributed by atoms with Gasteiger partial charge >= 0.3 is 15.5 Å². The predicted octanol–water partition coefficient (Wildman–Crippen LogP) is 0.228. The molecule has 16 heavy (non-hydrogen) atoms. The van der Waals surface area contributed by atoms with Crippen molar-refractivity contribution in [2.75, 3.05) is 13.2 Å². The molecular weight excluding hydrogens is 251 g/mol. The number of nitrogens with one attached hydrogen (secondary N) is 2. The second kappa shape index (κ2) is 4.70. The molecule has 1 aromatic heterocycles. The summed E-state index contributed by atoms with van der Waals surface area (Å²) in [5.41, 5.74) is -5.31. The molecular formula is C6H8F3N3O3S. The largest absolute Gasteiger partial charge is 0.511 e. The fraction of sp³-hybridized carbons (Fsp3) is 0.500. The first-order valence-corrected chi connectivity index (χ1v) is 5.49. The summed E-state index contributed by atoms with van der Waals surface area (Å²) in [6.45, 7) is -0.759. The van der Waals surface area contributed by atoms with E-state index in [1.165, 1.54) is 17.1 Å². The summed E-state index contributed by atoms with van der Waals surface area (Å²) in [5, 5.41) is 0. The zero-order valence-corrected chi connectivity index (χ0v) is 8.60. The van der Waals surface area contributed by atoms with Crippen molar-refractivity contribution in [2.45, 2.75) is 5.51 Å². The lowest BCUT2D eigenvalue weighted by atomic mass is 10.7. The highest BCUT2D eigenvalue weighted by Crippen LogP contribution is 2.21. The van der Waals surface area contributed by atoms with Crippen LogP contribution in [0.3, 0.4) is 0 Å². The van der Waals surface area contributed by atoms with E-state index in [0.717, 1.165) is 0 Å². The highest BCUT2D eigenvalue weighted by molar-refractivity contribution is 7.90. The Labute approximate surface area is 88.9 Å². The Balaban J connectivity index is 2.31. The Kier molecular flexibility index (Phi) is 3.75. The topological polar surface area (TPSA) is 84.1 Å². The third kappa shape index (κ3) is 3.38. The summed E-state index contributed by atoms with van der Waals surface area (Å²) < 4.78 is 62.6. The maximum Gasteiger partial charge on any atom is 0.511 e. The number of hydrogen-bond acceptors (Lipinski definition) is 4. The van der Waals surface area contributed by atoms with Crippen molar-refractivity contribution in [3.05, 3.63) is 12.4 Å². The van der Waals surface area contributed by atoms with Gasteiger partial charge in [-0.05, 0) is 0 Å². The lowest BCUT2D eigenvalue weighted by molar-refractivity contribution is -0.0448. The van der Waals surface area contributed by atoms with Gasteiger partial charge in [-0.2, -0.15) is 13.2 Å². The Morgan fingerprint density at radius 1 is 1.50 bits per heavy atom. The molecule has 0 amide bonds.